The molecule has 1 fully saturated rings. The van der Waals surface area contributed by atoms with Gasteiger partial charge in [-0.1, -0.05) is 18.9 Å². The zero-order chi connectivity index (χ0) is 20.7. The highest BCUT2D eigenvalue weighted by Gasteiger charge is 2.39. The zero-order valence-corrected chi connectivity index (χ0v) is 17.9. The number of thiophene rings is 1. The van der Waals surface area contributed by atoms with E-state index in [1.807, 2.05) is 31.4 Å². The third-order valence-corrected chi connectivity index (χ3v) is 7.30. The van der Waals surface area contributed by atoms with Gasteiger partial charge in [0.1, 0.15) is 4.83 Å². The van der Waals surface area contributed by atoms with Crippen molar-refractivity contribution in [2.75, 3.05) is 6.54 Å². The Hall–Kier alpha value is -2.47. The quantitative estimate of drug-likeness (QED) is 0.742. The molecule has 0 bridgehead atoms. The largest absolute Gasteiger partial charge is 0.478 e. The number of ketones is 1. The highest BCUT2D eigenvalue weighted by Crippen LogP contribution is 2.46. The van der Waals surface area contributed by atoms with Crippen molar-refractivity contribution in [3.05, 3.63) is 51.8 Å². The number of aliphatic carboxylic acids is 1. The van der Waals surface area contributed by atoms with Crippen LogP contribution in [-0.4, -0.2) is 33.3 Å². The molecule has 5 nitrogen and oxygen atoms in total. The lowest BCUT2D eigenvalue weighted by Gasteiger charge is -2.38. The van der Waals surface area contributed by atoms with Gasteiger partial charge in [0.25, 0.3) is 0 Å². The molecule has 0 spiro atoms. The summed E-state index contributed by atoms with van der Waals surface area (Å²) >= 11 is 1.49. The molecular formula is C23H26N2O3S. The minimum absolute atomic E-state index is 0.0709. The summed E-state index contributed by atoms with van der Waals surface area (Å²) in [6.07, 6.45) is 6.52. The van der Waals surface area contributed by atoms with Crippen LogP contribution in [0.1, 0.15) is 57.9 Å². The lowest BCUT2D eigenvalue weighted by molar-refractivity contribution is -0.133. The molecule has 3 heterocycles. The first-order valence-corrected chi connectivity index (χ1v) is 11.0. The maximum atomic E-state index is 12.8. The molecule has 1 N–H and O–H groups in total. The summed E-state index contributed by atoms with van der Waals surface area (Å²) in [7, 11) is 0. The predicted octanol–water partition coefficient (Wildman–Crippen LogP) is 5.11. The van der Waals surface area contributed by atoms with E-state index in [1.54, 1.807) is 13.1 Å². The molecule has 0 amide bonds. The topological polar surface area (TPSA) is 70.5 Å². The van der Waals surface area contributed by atoms with Gasteiger partial charge in [-0.2, -0.15) is 0 Å². The summed E-state index contributed by atoms with van der Waals surface area (Å²) in [6, 6.07) is 3.82. The Morgan fingerprint density at radius 1 is 1.21 bits per heavy atom. The van der Waals surface area contributed by atoms with E-state index < -0.39 is 11.9 Å². The van der Waals surface area contributed by atoms with E-state index in [1.165, 1.54) is 37.0 Å². The number of Topliss-reactive ketones (excluding diaryl/α,β-unsaturated/α-hetero) is 1. The number of rotatable bonds is 5. The van der Waals surface area contributed by atoms with Gasteiger partial charge in [0, 0.05) is 41.0 Å². The van der Waals surface area contributed by atoms with E-state index >= 15 is 0 Å². The van der Waals surface area contributed by atoms with Gasteiger partial charge in [0.05, 0.1) is 5.57 Å². The first-order valence-electron chi connectivity index (χ1n) is 10.2. The van der Waals surface area contributed by atoms with Gasteiger partial charge in [0.2, 0.25) is 0 Å². The standard InChI is InChI=1S/C23H26N2O3S/c1-13-19(15(3)26)21(18-12-29-22-17(18)9-6-10-24-22)20(23(27)28)14(2)25(13)11-16-7-4-5-8-16/h6,9-10,12,16,21H,4-5,7-8,11H2,1-3H3,(H,27,28). The highest BCUT2D eigenvalue weighted by atomic mass is 32.1. The average Bonchev–Trinajstić information content (AvgIpc) is 3.33. The molecule has 4 rings (SSSR count). The molecule has 152 valence electrons. The van der Waals surface area contributed by atoms with E-state index in [0.29, 0.717) is 17.1 Å². The van der Waals surface area contributed by atoms with Gasteiger partial charge in [-0.15, -0.1) is 11.3 Å². The molecule has 0 saturated heterocycles. The number of carboxylic acid groups (broad SMARTS) is 1. The van der Waals surface area contributed by atoms with E-state index in [9.17, 15) is 14.7 Å². The first-order chi connectivity index (χ1) is 13.9. The average molecular weight is 411 g/mol. The zero-order valence-electron chi connectivity index (χ0n) is 17.1. The Morgan fingerprint density at radius 2 is 1.90 bits per heavy atom. The first kappa shape index (κ1) is 19.8. The molecule has 1 atom stereocenters. The highest BCUT2D eigenvalue weighted by molar-refractivity contribution is 7.16. The molecule has 6 heteroatoms. The summed E-state index contributed by atoms with van der Waals surface area (Å²) < 4.78 is 0. The minimum atomic E-state index is -0.960. The van der Waals surface area contributed by atoms with Crippen LogP contribution in [0.2, 0.25) is 0 Å². The van der Waals surface area contributed by atoms with Gasteiger partial charge < -0.3 is 10.0 Å². The van der Waals surface area contributed by atoms with Crippen LogP contribution in [0.3, 0.4) is 0 Å². The van der Waals surface area contributed by atoms with Crippen molar-refractivity contribution in [2.24, 2.45) is 5.92 Å². The van der Waals surface area contributed by atoms with E-state index in [4.69, 9.17) is 0 Å². The smallest absolute Gasteiger partial charge is 0.334 e. The van der Waals surface area contributed by atoms with Crippen molar-refractivity contribution in [1.82, 2.24) is 9.88 Å². The monoisotopic (exact) mass is 410 g/mol. The third-order valence-electron chi connectivity index (χ3n) is 6.38. The van der Waals surface area contributed by atoms with Gasteiger partial charge in [0.15, 0.2) is 5.78 Å². The molecule has 1 unspecified atom stereocenters. The van der Waals surface area contributed by atoms with Crippen LogP contribution >= 0.6 is 11.3 Å². The number of fused-ring (bicyclic) bond motifs is 1. The number of pyridine rings is 1. The van der Waals surface area contributed by atoms with Crippen LogP contribution in [0.25, 0.3) is 10.2 Å². The second-order valence-electron chi connectivity index (χ2n) is 8.10. The summed E-state index contributed by atoms with van der Waals surface area (Å²) in [6.45, 7) is 6.18. The van der Waals surface area contributed by atoms with Crippen molar-refractivity contribution < 1.29 is 14.7 Å². The van der Waals surface area contributed by atoms with E-state index in [0.717, 1.165) is 33.7 Å². The number of carbonyl (C=O) groups is 2. The van der Waals surface area contributed by atoms with Crippen molar-refractivity contribution >= 4 is 33.3 Å². The molecule has 1 aliphatic heterocycles. The van der Waals surface area contributed by atoms with Crippen molar-refractivity contribution in [1.29, 1.82) is 0 Å². The molecular weight excluding hydrogens is 384 g/mol. The second-order valence-corrected chi connectivity index (χ2v) is 8.96. The Morgan fingerprint density at radius 3 is 2.55 bits per heavy atom. The van der Waals surface area contributed by atoms with Crippen LogP contribution < -0.4 is 0 Å². The molecule has 1 saturated carbocycles. The Labute approximate surface area is 174 Å². The van der Waals surface area contributed by atoms with Crippen LogP contribution in [-0.2, 0) is 9.59 Å². The van der Waals surface area contributed by atoms with E-state index in [2.05, 4.69) is 9.88 Å². The number of allylic oxidation sites excluding steroid dienone is 3. The lowest BCUT2D eigenvalue weighted by atomic mass is 9.78. The second kappa shape index (κ2) is 7.75. The van der Waals surface area contributed by atoms with Crippen LogP contribution in [0.4, 0.5) is 0 Å². The number of carboxylic acids is 1. The van der Waals surface area contributed by atoms with Crippen molar-refractivity contribution in [3.8, 4) is 0 Å². The number of carbonyl (C=O) groups excluding carboxylic acids is 1. The fourth-order valence-corrected chi connectivity index (χ4v) is 5.92. The molecule has 1 aliphatic carbocycles. The maximum absolute atomic E-state index is 12.8. The maximum Gasteiger partial charge on any atom is 0.334 e. The molecule has 2 aliphatic rings. The molecule has 2 aromatic rings. The number of hydrogen-bond acceptors (Lipinski definition) is 5. The number of aromatic nitrogens is 1. The van der Waals surface area contributed by atoms with Gasteiger partial charge in [-0.05, 0) is 56.5 Å². The third kappa shape index (κ3) is 3.39. The summed E-state index contributed by atoms with van der Waals surface area (Å²) in [5.74, 6) is -1.05. The molecule has 0 radical (unpaired) electrons. The summed E-state index contributed by atoms with van der Waals surface area (Å²) in [5.41, 5.74) is 3.40. The summed E-state index contributed by atoms with van der Waals surface area (Å²) in [5, 5.41) is 13.1. The Bertz CT molecular complexity index is 1010. The summed E-state index contributed by atoms with van der Waals surface area (Å²) in [4.78, 5) is 32.6. The number of hydrogen-bond donors (Lipinski definition) is 1. The van der Waals surface area contributed by atoms with Crippen molar-refractivity contribution in [2.45, 2.75) is 52.4 Å². The fourth-order valence-electron chi connectivity index (χ4n) is 4.99. The van der Waals surface area contributed by atoms with Crippen LogP contribution in [0.5, 0.6) is 0 Å². The van der Waals surface area contributed by atoms with Crippen molar-refractivity contribution in [3.63, 3.8) is 0 Å². The fraction of sp³-hybridized carbons (Fsp3) is 0.435. The molecule has 29 heavy (non-hydrogen) atoms. The van der Waals surface area contributed by atoms with E-state index in [-0.39, 0.29) is 5.78 Å². The van der Waals surface area contributed by atoms with Gasteiger partial charge >= 0.3 is 5.97 Å². The number of nitrogens with zero attached hydrogens (tertiary/aromatic N) is 2. The Kier molecular flexibility index (Phi) is 5.30. The Balaban J connectivity index is 1.90. The lowest BCUT2D eigenvalue weighted by Crippen LogP contribution is -2.36. The van der Waals surface area contributed by atoms with Crippen LogP contribution in [0.15, 0.2) is 46.2 Å². The normalized spacial score (nSPS) is 20.8. The molecule has 2 aromatic heterocycles. The van der Waals surface area contributed by atoms with Crippen LogP contribution in [0, 0.1) is 5.92 Å². The minimum Gasteiger partial charge on any atom is -0.478 e. The van der Waals surface area contributed by atoms with Gasteiger partial charge in [-0.3, -0.25) is 4.79 Å². The SMILES string of the molecule is CC(=O)C1=C(C)N(CC2CCCC2)C(C)=C(C(=O)O)C1c1csc2ncccc12. The molecule has 0 aromatic carbocycles. The predicted molar refractivity (Wildman–Crippen MR) is 115 cm³/mol. The van der Waals surface area contributed by atoms with Gasteiger partial charge in [-0.25, -0.2) is 9.78 Å².